The molecular weight excluding hydrogens is 445 g/mol. The van der Waals surface area contributed by atoms with Gasteiger partial charge in [-0.25, -0.2) is 0 Å². The average Bonchev–Trinajstić information content (AvgIpc) is 3.01. The zero-order valence-corrected chi connectivity index (χ0v) is 18.5. The lowest BCUT2D eigenvalue weighted by molar-refractivity contribution is -0.142. The van der Waals surface area contributed by atoms with Crippen molar-refractivity contribution in [2.75, 3.05) is 26.2 Å². The van der Waals surface area contributed by atoms with E-state index < -0.39 is 5.51 Å². The van der Waals surface area contributed by atoms with E-state index in [2.05, 4.69) is 4.90 Å². The second-order valence-corrected chi connectivity index (χ2v) is 8.67. The lowest BCUT2D eigenvalue weighted by Crippen LogP contribution is -2.36. The molecule has 0 spiro atoms. The zero-order chi connectivity index (χ0) is 23.1. The number of benzene rings is 1. The number of thioether (sulfide) groups is 1. The van der Waals surface area contributed by atoms with Crippen LogP contribution in [0.2, 0.25) is 0 Å². The van der Waals surface area contributed by atoms with Crippen LogP contribution < -0.4 is 0 Å². The molecule has 1 aromatic heterocycles. The fraction of sp³-hybridized carbons (Fsp3) is 0.455. The molecule has 0 N–H and O–H groups in total. The summed E-state index contributed by atoms with van der Waals surface area (Å²) in [5.74, 6) is 0.868. The fourth-order valence-electron chi connectivity index (χ4n) is 3.50. The van der Waals surface area contributed by atoms with Gasteiger partial charge in [0.05, 0.1) is 13.0 Å². The summed E-state index contributed by atoms with van der Waals surface area (Å²) in [5, 5.41) is 0. The number of ether oxygens (including phenoxy) is 1. The molecular formula is C22H25F3N2O4S. The molecule has 174 valence electrons. The van der Waals surface area contributed by atoms with Crippen molar-refractivity contribution in [3.63, 3.8) is 0 Å². The van der Waals surface area contributed by atoms with Gasteiger partial charge in [0.25, 0.3) is 0 Å². The molecule has 1 amide bonds. The monoisotopic (exact) mass is 470 g/mol. The number of halogens is 3. The molecule has 0 saturated carbocycles. The minimum absolute atomic E-state index is 0.0734. The number of carbonyl (C=O) groups excluding carboxylic acids is 2. The van der Waals surface area contributed by atoms with Crippen molar-refractivity contribution in [2.24, 2.45) is 0 Å². The van der Waals surface area contributed by atoms with E-state index in [9.17, 15) is 22.8 Å². The van der Waals surface area contributed by atoms with Crippen molar-refractivity contribution < 1.29 is 31.9 Å². The first-order valence-corrected chi connectivity index (χ1v) is 11.1. The first-order valence-electron chi connectivity index (χ1n) is 10.2. The first-order chi connectivity index (χ1) is 15.2. The summed E-state index contributed by atoms with van der Waals surface area (Å²) >= 11 is -0.177. The summed E-state index contributed by atoms with van der Waals surface area (Å²) in [7, 11) is 0. The number of amides is 1. The highest BCUT2D eigenvalue weighted by Crippen LogP contribution is 2.37. The van der Waals surface area contributed by atoms with Crippen LogP contribution in [0.1, 0.15) is 30.4 Å². The molecule has 1 fully saturated rings. The van der Waals surface area contributed by atoms with Crippen LogP contribution in [0.5, 0.6) is 0 Å². The Bertz CT molecular complexity index is 932. The molecule has 1 aromatic carbocycles. The van der Waals surface area contributed by atoms with Gasteiger partial charge in [-0.1, -0.05) is 12.1 Å². The lowest BCUT2D eigenvalue weighted by Gasteiger charge is -2.21. The molecule has 0 bridgehead atoms. The molecule has 3 rings (SSSR count). The van der Waals surface area contributed by atoms with E-state index in [-0.39, 0.29) is 41.6 Å². The number of hydrogen-bond donors (Lipinski definition) is 0. The summed E-state index contributed by atoms with van der Waals surface area (Å²) in [6, 6.07) is 9.65. The van der Waals surface area contributed by atoms with Gasteiger partial charge >= 0.3 is 11.5 Å². The van der Waals surface area contributed by atoms with Crippen molar-refractivity contribution in [1.82, 2.24) is 9.80 Å². The van der Waals surface area contributed by atoms with E-state index in [1.165, 1.54) is 19.1 Å². The highest BCUT2D eigenvalue weighted by molar-refractivity contribution is 8.00. The third kappa shape index (κ3) is 7.90. The topological polar surface area (TPSA) is 63.0 Å². The van der Waals surface area contributed by atoms with Gasteiger partial charge in [0.2, 0.25) is 5.91 Å². The Kier molecular flexibility index (Phi) is 8.25. The predicted octanol–water partition coefficient (Wildman–Crippen LogP) is 4.23. The molecule has 1 aliphatic heterocycles. The Morgan fingerprint density at radius 3 is 2.62 bits per heavy atom. The van der Waals surface area contributed by atoms with Crippen LogP contribution in [0, 0.1) is 0 Å². The number of hydrogen-bond acceptors (Lipinski definition) is 6. The van der Waals surface area contributed by atoms with Crippen molar-refractivity contribution in [3.8, 4) is 0 Å². The van der Waals surface area contributed by atoms with Crippen molar-refractivity contribution >= 4 is 23.6 Å². The molecule has 0 aliphatic carbocycles. The van der Waals surface area contributed by atoms with Gasteiger partial charge in [-0.2, -0.15) is 13.2 Å². The first kappa shape index (κ1) is 24.2. The van der Waals surface area contributed by atoms with E-state index in [1.807, 2.05) is 6.07 Å². The summed E-state index contributed by atoms with van der Waals surface area (Å²) in [4.78, 5) is 27.7. The van der Waals surface area contributed by atoms with Crippen LogP contribution in [0.15, 0.2) is 45.7 Å². The van der Waals surface area contributed by atoms with Crippen LogP contribution in [-0.2, 0) is 33.9 Å². The van der Waals surface area contributed by atoms with Crippen LogP contribution in [0.3, 0.4) is 0 Å². The van der Waals surface area contributed by atoms with Crippen molar-refractivity contribution in [3.05, 3.63) is 53.5 Å². The molecule has 2 aromatic rings. The zero-order valence-electron chi connectivity index (χ0n) is 17.7. The molecule has 6 nitrogen and oxygen atoms in total. The molecule has 32 heavy (non-hydrogen) atoms. The van der Waals surface area contributed by atoms with Gasteiger partial charge in [-0.15, -0.1) is 0 Å². The van der Waals surface area contributed by atoms with Crippen molar-refractivity contribution in [2.45, 2.75) is 43.3 Å². The maximum Gasteiger partial charge on any atom is 0.446 e. The van der Waals surface area contributed by atoms with Gasteiger partial charge in [0.1, 0.15) is 18.1 Å². The summed E-state index contributed by atoms with van der Waals surface area (Å²) in [5.41, 5.74) is -3.78. The standard InChI is InChI=1S/C22H25F3N2O4S/c1-16(28)30-15-19-7-6-18(31-19)14-26-8-3-9-27(11-10-26)21(29)13-17-4-2-5-20(12-17)32-22(23,24)25/h2,4-7,12H,3,8-11,13-15H2,1H3. The number of rotatable bonds is 7. The van der Waals surface area contributed by atoms with Gasteiger partial charge in [-0.05, 0) is 48.0 Å². The third-order valence-corrected chi connectivity index (χ3v) is 5.66. The highest BCUT2D eigenvalue weighted by Gasteiger charge is 2.29. The van der Waals surface area contributed by atoms with Gasteiger partial charge < -0.3 is 14.1 Å². The minimum atomic E-state index is -4.36. The maximum absolute atomic E-state index is 12.7. The largest absolute Gasteiger partial charge is 0.461 e. The fourth-order valence-corrected chi connectivity index (χ4v) is 4.12. The SMILES string of the molecule is CC(=O)OCc1ccc(CN2CCCN(C(=O)Cc3cccc(SC(F)(F)F)c3)CC2)o1. The quantitative estimate of drug-likeness (QED) is 0.446. The third-order valence-electron chi connectivity index (χ3n) is 4.94. The number of furan rings is 1. The van der Waals surface area contributed by atoms with E-state index >= 15 is 0 Å². The molecule has 1 saturated heterocycles. The maximum atomic E-state index is 12.7. The van der Waals surface area contributed by atoms with E-state index in [0.29, 0.717) is 37.5 Å². The van der Waals surface area contributed by atoms with Crippen LogP contribution in [0.25, 0.3) is 0 Å². The second kappa shape index (κ2) is 10.9. The Labute approximate surface area is 188 Å². The van der Waals surface area contributed by atoms with Gasteiger partial charge in [0, 0.05) is 38.0 Å². The average molecular weight is 471 g/mol. The molecule has 10 heteroatoms. The lowest BCUT2D eigenvalue weighted by atomic mass is 10.1. The summed E-state index contributed by atoms with van der Waals surface area (Å²) in [6.45, 7) is 4.61. The van der Waals surface area contributed by atoms with Crippen LogP contribution in [0.4, 0.5) is 13.2 Å². The Morgan fingerprint density at radius 1 is 1.09 bits per heavy atom. The molecule has 1 aliphatic rings. The highest BCUT2D eigenvalue weighted by atomic mass is 32.2. The van der Waals surface area contributed by atoms with Gasteiger partial charge in [0.15, 0.2) is 0 Å². The molecule has 0 atom stereocenters. The Morgan fingerprint density at radius 2 is 1.88 bits per heavy atom. The van der Waals surface area contributed by atoms with E-state index in [4.69, 9.17) is 9.15 Å². The van der Waals surface area contributed by atoms with Crippen LogP contribution >= 0.6 is 11.8 Å². The van der Waals surface area contributed by atoms with Gasteiger partial charge in [-0.3, -0.25) is 14.5 Å². The summed E-state index contributed by atoms with van der Waals surface area (Å²) < 4.78 is 48.4. The molecule has 2 heterocycles. The smallest absolute Gasteiger partial charge is 0.446 e. The second-order valence-electron chi connectivity index (χ2n) is 7.53. The summed E-state index contributed by atoms with van der Waals surface area (Å²) in [6.07, 6.45) is 0.862. The normalized spacial score (nSPS) is 15.4. The number of alkyl halides is 3. The number of nitrogens with zero attached hydrogens (tertiary/aromatic N) is 2. The molecule has 0 unspecified atom stereocenters. The van der Waals surface area contributed by atoms with Crippen molar-refractivity contribution in [1.29, 1.82) is 0 Å². The molecule has 0 radical (unpaired) electrons. The van der Waals surface area contributed by atoms with Crippen LogP contribution in [-0.4, -0.2) is 53.4 Å². The number of esters is 1. The van der Waals surface area contributed by atoms with E-state index in [1.54, 1.807) is 23.1 Å². The number of carbonyl (C=O) groups is 2. The Balaban J connectivity index is 1.50. The predicted molar refractivity (Wildman–Crippen MR) is 113 cm³/mol. The Hall–Kier alpha value is -2.46. The minimum Gasteiger partial charge on any atom is -0.461 e. The van der Waals surface area contributed by atoms with E-state index in [0.717, 1.165) is 18.7 Å².